The van der Waals surface area contributed by atoms with Crippen LogP contribution in [0.5, 0.6) is 0 Å². The number of nitrogens with zero attached hydrogens (tertiary/aromatic N) is 4. The lowest BCUT2D eigenvalue weighted by Crippen LogP contribution is -2.29. The second kappa shape index (κ2) is 7.90. The van der Waals surface area contributed by atoms with E-state index in [1.54, 1.807) is 36.8 Å². The van der Waals surface area contributed by atoms with Crippen molar-refractivity contribution in [1.82, 2.24) is 14.4 Å². The van der Waals surface area contributed by atoms with E-state index in [4.69, 9.17) is 0 Å². The molecule has 0 bridgehead atoms. The molecular formula is C23H23N5O3S. The van der Waals surface area contributed by atoms with E-state index in [0.29, 0.717) is 11.2 Å². The van der Waals surface area contributed by atoms with Crippen LogP contribution in [0.4, 0.5) is 11.4 Å². The molecule has 0 saturated carbocycles. The van der Waals surface area contributed by atoms with Crippen molar-refractivity contribution in [3.8, 4) is 0 Å². The summed E-state index contributed by atoms with van der Waals surface area (Å²) in [6.07, 6.45) is 9.74. The van der Waals surface area contributed by atoms with Crippen LogP contribution in [0.25, 0.3) is 16.3 Å². The van der Waals surface area contributed by atoms with Gasteiger partial charge in [-0.15, -0.1) is 0 Å². The molecule has 1 aliphatic heterocycles. The first-order chi connectivity index (χ1) is 15.4. The Labute approximate surface area is 185 Å². The first kappa shape index (κ1) is 20.4. The molecule has 1 aromatic carbocycles. The Hall–Kier alpha value is -3.46. The molecule has 0 spiro atoms. The number of piperidine rings is 1. The molecule has 32 heavy (non-hydrogen) atoms. The van der Waals surface area contributed by atoms with E-state index in [1.165, 1.54) is 23.7 Å². The van der Waals surface area contributed by atoms with Gasteiger partial charge in [0.25, 0.3) is 5.91 Å². The second-order valence-electron chi connectivity index (χ2n) is 8.03. The van der Waals surface area contributed by atoms with Crippen LogP contribution in [0.2, 0.25) is 0 Å². The van der Waals surface area contributed by atoms with E-state index >= 15 is 0 Å². The van der Waals surface area contributed by atoms with Crippen molar-refractivity contribution in [3.63, 3.8) is 0 Å². The highest BCUT2D eigenvalue weighted by Gasteiger charge is 2.23. The molecule has 1 fully saturated rings. The summed E-state index contributed by atoms with van der Waals surface area (Å²) < 4.78 is 25.8. The lowest BCUT2D eigenvalue weighted by atomic mass is 10.0. The smallest absolute Gasteiger partial charge is 0.276 e. The van der Waals surface area contributed by atoms with Crippen LogP contribution >= 0.6 is 0 Å². The van der Waals surface area contributed by atoms with Crippen LogP contribution in [0.1, 0.15) is 29.8 Å². The van der Waals surface area contributed by atoms with Crippen molar-refractivity contribution >= 4 is 43.4 Å². The number of anilines is 2. The molecule has 3 aromatic heterocycles. The summed E-state index contributed by atoms with van der Waals surface area (Å²) in [6.45, 7) is 2.02. The number of imidazole rings is 1. The maximum atomic E-state index is 13.2. The van der Waals surface area contributed by atoms with Gasteiger partial charge in [0, 0.05) is 54.4 Å². The Bertz CT molecular complexity index is 1440. The van der Waals surface area contributed by atoms with Gasteiger partial charge in [0.15, 0.2) is 5.69 Å². The fourth-order valence-corrected chi connectivity index (χ4v) is 5.09. The molecule has 0 unspecified atom stereocenters. The number of sulfone groups is 1. The monoisotopic (exact) mass is 449 g/mol. The number of carbonyl (C=O) groups excluding carboxylic acids is 1. The highest BCUT2D eigenvalue weighted by Crippen LogP contribution is 2.33. The van der Waals surface area contributed by atoms with Gasteiger partial charge >= 0.3 is 0 Å². The minimum atomic E-state index is -3.61. The van der Waals surface area contributed by atoms with Gasteiger partial charge in [-0.2, -0.15) is 0 Å². The number of fused-ring (bicyclic) bond motifs is 2. The first-order valence-electron chi connectivity index (χ1n) is 10.5. The maximum absolute atomic E-state index is 13.2. The van der Waals surface area contributed by atoms with Crippen molar-refractivity contribution in [1.29, 1.82) is 0 Å². The fraction of sp³-hybridized carbons (Fsp3) is 0.261. The molecule has 1 aliphatic rings. The normalized spacial score (nSPS) is 14.7. The molecule has 1 saturated heterocycles. The van der Waals surface area contributed by atoms with Crippen molar-refractivity contribution in [3.05, 3.63) is 60.7 Å². The number of hydrogen-bond donors (Lipinski definition) is 1. The highest BCUT2D eigenvalue weighted by molar-refractivity contribution is 7.90. The van der Waals surface area contributed by atoms with Gasteiger partial charge in [0.05, 0.1) is 11.2 Å². The van der Waals surface area contributed by atoms with Gasteiger partial charge in [0.2, 0.25) is 15.0 Å². The number of pyridine rings is 2. The predicted molar refractivity (Wildman–Crippen MR) is 124 cm³/mol. The third-order valence-electron chi connectivity index (χ3n) is 5.80. The first-order valence-corrected chi connectivity index (χ1v) is 12.4. The highest BCUT2D eigenvalue weighted by atomic mass is 32.2. The average Bonchev–Trinajstić information content (AvgIpc) is 3.20. The summed E-state index contributed by atoms with van der Waals surface area (Å²) in [6, 6.07) is 11.0. The third-order valence-corrected chi connectivity index (χ3v) is 6.75. The zero-order chi connectivity index (χ0) is 22.3. The zero-order valence-corrected chi connectivity index (χ0v) is 18.5. The Morgan fingerprint density at radius 3 is 2.62 bits per heavy atom. The minimum Gasteiger partial charge on any atom is -0.371 e. The van der Waals surface area contributed by atoms with Gasteiger partial charge < -0.3 is 10.2 Å². The molecule has 1 N–H and O–H groups in total. The lowest BCUT2D eigenvalue weighted by molar-refractivity contribution is 0.102. The number of carbonyl (C=O) groups is 1. The standard InChI is InChI=1S/C23H23N5O3S/c1-32(30,31)23-26-21(20-7-3-6-14-28(20)23)22(29)25-18-8-9-19(27-12-4-2-5-13-27)16-10-11-24-15-17(16)18/h3,6-11,14-15H,2,4-5,12-13H2,1H3,(H,25,29). The Morgan fingerprint density at radius 1 is 1.03 bits per heavy atom. The Morgan fingerprint density at radius 2 is 1.84 bits per heavy atom. The molecule has 9 heteroatoms. The fourth-order valence-electron chi connectivity index (χ4n) is 4.31. The summed E-state index contributed by atoms with van der Waals surface area (Å²) in [5, 5.41) is 4.61. The number of amides is 1. The van der Waals surface area contributed by atoms with E-state index in [2.05, 4.69) is 20.2 Å². The second-order valence-corrected chi connectivity index (χ2v) is 9.94. The van der Waals surface area contributed by atoms with E-state index in [-0.39, 0.29) is 10.9 Å². The quantitative estimate of drug-likeness (QED) is 0.512. The van der Waals surface area contributed by atoms with E-state index < -0.39 is 15.7 Å². The molecule has 0 radical (unpaired) electrons. The van der Waals surface area contributed by atoms with Crippen LogP contribution in [-0.2, 0) is 9.84 Å². The van der Waals surface area contributed by atoms with Crippen LogP contribution in [-0.4, -0.2) is 48.0 Å². The van der Waals surface area contributed by atoms with Crippen molar-refractivity contribution in [2.45, 2.75) is 24.4 Å². The molecular weight excluding hydrogens is 426 g/mol. The van der Waals surface area contributed by atoms with Crippen LogP contribution in [0.3, 0.4) is 0 Å². The van der Waals surface area contributed by atoms with Crippen molar-refractivity contribution < 1.29 is 13.2 Å². The SMILES string of the molecule is CS(=O)(=O)c1nc(C(=O)Nc2ccc(N3CCCCC3)c3ccncc23)c2ccccn12. The lowest BCUT2D eigenvalue weighted by Gasteiger charge is -2.30. The van der Waals surface area contributed by atoms with E-state index in [0.717, 1.165) is 35.8 Å². The van der Waals surface area contributed by atoms with Gasteiger partial charge in [-0.1, -0.05) is 6.07 Å². The summed E-state index contributed by atoms with van der Waals surface area (Å²) in [5.41, 5.74) is 2.23. The average molecular weight is 450 g/mol. The predicted octanol–water partition coefficient (Wildman–Crippen LogP) is 3.53. The van der Waals surface area contributed by atoms with E-state index in [1.807, 2.05) is 18.2 Å². The topological polar surface area (TPSA) is 96.7 Å². The van der Waals surface area contributed by atoms with Crippen LogP contribution in [0, 0.1) is 0 Å². The van der Waals surface area contributed by atoms with Crippen molar-refractivity contribution in [2.75, 3.05) is 29.6 Å². The van der Waals surface area contributed by atoms with Gasteiger partial charge in [-0.25, -0.2) is 13.4 Å². The molecule has 4 heterocycles. The largest absolute Gasteiger partial charge is 0.371 e. The van der Waals surface area contributed by atoms with E-state index in [9.17, 15) is 13.2 Å². The van der Waals surface area contributed by atoms with Crippen molar-refractivity contribution in [2.24, 2.45) is 0 Å². The number of nitrogens with one attached hydrogen (secondary N) is 1. The number of rotatable bonds is 4. The molecule has 1 amide bonds. The minimum absolute atomic E-state index is 0.0585. The third kappa shape index (κ3) is 3.58. The zero-order valence-electron chi connectivity index (χ0n) is 17.7. The summed E-state index contributed by atoms with van der Waals surface area (Å²) in [7, 11) is -3.61. The van der Waals surface area contributed by atoms with Gasteiger partial charge in [0.1, 0.15) is 0 Å². The van der Waals surface area contributed by atoms with Gasteiger partial charge in [-0.3, -0.25) is 14.2 Å². The molecule has 4 aromatic rings. The summed E-state index contributed by atoms with van der Waals surface area (Å²) in [5.74, 6) is -0.473. The summed E-state index contributed by atoms with van der Waals surface area (Å²) in [4.78, 5) is 24.0. The maximum Gasteiger partial charge on any atom is 0.276 e. The molecule has 0 atom stereocenters. The molecule has 164 valence electrons. The number of aromatic nitrogens is 3. The molecule has 0 aliphatic carbocycles. The Balaban J connectivity index is 1.55. The number of hydrogen-bond acceptors (Lipinski definition) is 6. The Kier molecular flexibility index (Phi) is 5.05. The number of benzene rings is 1. The molecule has 5 rings (SSSR count). The molecule has 8 nitrogen and oxygen atoms in total. The summed E-state index contributed by atoms with van der Waals surface area (Å²) >= 11 is 0. The van der Waals surface area contributed by atoms with Crippen LogP contribution < -0.4 is 10.2 Å². The van der Waals surface area contributed by atoms with Crippen LogP contribution in [0.15, 0.2) is 60.1 Å². The van der Waals surface area contributed by atoms with Gasteiger partial charge in [-0.05, 0) is 49.6 Å².